The van der Waals surface area contributed by atoms with E-state index in [1.165, 1.54) is 23.1 Å². The molecule has 1 aromatic heterocycles. The monoisotopic (exact) mass is 501 g/mol. The first-order valence-corrected chi connectivity index (χ1v) is 11.8. The fourth-order valence-corrected chi connectivity index (χ4v) is 4.29. The third-order valence-electron chi connectivity index (χ3n) is 6.05. The van der Waals surface area contributed by atoms with Crippen molar-refractivity contribution in [3.05, 3.63) is 105 Å². The van der Waals surface area contributed by atoms with Crippen LogP contribution < -0.4 is 4.74 Å². The normalized spacial score (nSPS) is 16.9. The highest BCUT2D eigenvalue weighted by molar-refractivity contribution is 6.46. The Balaban J connectivity index is 1.83. The summed E-state index contributed by atoms with van der Waals surface area (Å²) >= 11 is 0. The fraction of sp³-hybridized carbons (Fsp3) is 0.250. The summed E-state index contributed by atoms with van der Waals surface area (Å²) in [5.74, 6) is -1.07. The van der Waals surface area contributed by atoms with Gasteiger partial charge in [-0.25, -0.2) is 0 Å². The molecular weight excluding hydrogens is 474 g/mol. The van der Waals surface area contributed by atoms with E-state index in [1.54, 1.807) is 55.7 Å². The van der Waals surface area contributed by atoms with Gasteiger partial charge in [0.25, 0.3) is 17.4 Å². The van der Waals surface area contributed by atoms with Gasteiger partial charge < -0.3 is 14.7 Å². The predicted octanol–water partition coefficient (Wildman–Crippen LogP) is 4.95. The summed E-state index contributed by atoms with van der Waals surface area (Å²) in [6.07, 6.45) is 3.16. The molecule has 2 aromatic carbocycles. The van der Waals surface area contributed by atoms with Crippen LogP contribution in [0, 0.1) is 23.0 Å². The number of Topliss-reactive ketones (excluding diaryl/α,β-unsaturated/α-hetero) is 1. The molecule has 9 nitrogen and oxygen atoms in total. The highest BCUT2D eigenvalue weighted by Gasteiger charge is 2.46. The van der Waals surface area contributed by atoms with Gasteiger partial charge in [-0.15, -0.1) is 0 Å². The first-order valence-electron chi connectivity index (χ1n) is 11.8. The van der Waals surface area contributed by atoms with Crippen molar-refractivity contribution in [3.8, 4) is 5.75 Å². The Kier molecular flexibility index (Phi) is 7.33. The van der Waals surface area contributed by atoms with Crippen molar-refractivity contribution in [2.24, 2.45) is 5.92 Å². The van der Waals surface area contributed by atoms with Crippen LogP contribution in [0.15, 0.2) is 72.6 Å². The van der Waals surface area contributed by atoms with Gasteiger partial charge in [-0.1, -0.05) is 32.0 Å². The smallest absolute Gasteiger partial charge is 0.295 e. The van der Waals surface area contributed by atoms with Gasteiger partial charge in [0, 0.05) is 36.6 Å². The molecule has 0 saturated carbocycles. The van der Waals surface area contributed by atoms with Crippen LogP contribution in [-0.4, -0.2) is 38.2 Å². The molecule has 0 radical (unpaired) electrons. The number of likely N-dealkylation sites (tertiary alicyclic amines) is 1. The zero-order chi connectivity index (χ0) is 26.7. The second-order valence-corrected chi connectivity index (χ2v) is 9.32. The molecule has 0 aliphatic carbocycles. The van der Waals surface area contributed by atoms with E-state index in [0.29, 0.717) is 40.5 Å². The summed E-state index contributed by atoms with van der Waals surface area (Å²) in [6.45, 7) is 6.39. The molecule has 0 bridgehead atoms. The number of ether oxygens (including phenoxy) is 1. The number of carbonyl (C=O) groups is 2. The van der Waals surface area contributed by atoms with E-state index in [-0.39, 0.29) is 23.6 Å². The minimum atomic E-state index is -1.03. The Morgan fingerprint density at radius 3 is 2.59 bits per heavy atom. The van der Waals surface area contributed by atoms with E-state index in [9.17, 15) is 24.8 Å². The van der Waals surface area contributed by atoms with Crippen molar-refractivity contribution < 1.29 is 24.4 Å². The van der Waals surface area contributed by atoms with Gasteiger partial charge in [-0.2, -0.15) is 0 Å². The molecule has 9 heteroatoms. The maximum atomic E-state index is 13.3. The van der Waals surface area contributed by atoms with Gasteiger partial charge in [0.1, 0.15) is 11.5 Å². The Morgan fingerprint density at radius 2 is 1.95 bits per heavy atom. The summed E-state index contributed by atoms with van der Waals surface area (Å²) < 4.78 is 5.76. The highest BCUT2D eigenvalue weighted by atomic mass is 16.6. The molecule has 0 unspecified atom stereocenters. The Morgan fingerprint density at radius 1 is 1.16 bits per heavy atom. The molecule has 1 N–H and O–H groups in total. The van der Waals surface area contributed by atoms with Crippen molar-refractivity contribution in [1.29, 1.82) is 0 Å². The van der Waals surface area contributed by atoms with Gasteiger partial charge in [0.15, 0.2) is 0 Å². The first kappa shape index (κ1) is 25.6. The SMILES string of the molecule is Cc1cc(OCC(C)C)ccc1/C(O)=C1\C(=O)C(=O)N(Cc2cccnc2)[C@H]1c1cccc([N+](=O)[O-])c1. The number of aliphatic hydroxyl groups excluding tert-OH is 1. The van der Waals surface area contributed by atoms with E-state index in [2.05, 4.69) is 4.98 Å². The van der Waals surface area contributed by atoms with Crippen LogP contribution in [0.25, 0.3) is 5.76 Å². The molecule has 4 rings (SSSR count). The van der Waals surface area contributed by atoms with Crippen LogP contribution in [-0.2, 0) is 16.1 Å². The third-order valence-corrected chi connectivity index (χ3v) is 6.05. The number of benzene rings is 2. The number of nitro groups is 1. The topological polar surface area (TPSA) is 123 Å². The van der Waals surface area contributed by atoms with Crippen LogP contribution in [0.5, 0.6) is 5.75 Å². The van der Waals surface area contributed by atoms with Crippen LogP contribution in [0.2, 0.25) is 0 Å². The van der Waals surface area contributed by atoms with Gasteiger partial charge in [0.05, 0.1) is 23.1 Å². The second kappa shape index (κ2) is 10.6. The van der Waals surface area contributed by atoms with E-state index in [0.717, 1.165) is 0 Å². The number of ketones is 1. The number of nitrogens with zero attached hydrogens (tertiary/aromatic N) is 3. The average molecular weight is 502 g/mol. The van der Waals surface area contributed by atoms with Crippen molar-refractivity contribution >= 4 is 23.1 Å². The first-order chi connectivity index (χ1) is 17.7. The number of aliphatic hydroxyl groups is 1. The molecule has 1 aliphatic rings. The van der Waals surface area contributed by atoms with Crippen LogP contribution in [0.1, 0.15) is 42.1 Å². The fourth-order valence-electron chi connectivity index (χ4n) is 4.29. The number of aryl methyl sites for hydroxylation is 1. The molecule has 0 spiro atoms. The number of hydrogen-bond donors (Lipinski definition) is 1. The molecule has 1 aliphatic heterocycles. The third kappa shape index (κ3) is 5.35. The number of pyridine rings is 1. The molecule has 1 fully saturated rings. The standard InChI is InChI=1S/C28H27N3O6/c1-17(2)16-37-22-9-10-23(18(3)12-22)26(32)24-25(20-7-4-8-21(13-20)31(35)36)30(28(34)27(24)33)15-19-6-5-11-29-14-19/h4-14,17,25,32H,15-16H2,1-3H3/b26-24+/t25-/m0/s1. The number of rotatable bonds is 8. The van der Waals surface area contributed by atoms with Gasteiger partial charge in [-0.3, -0.25) is 24.7 Å². The minimum Gasteiger partial charge on any atom is -0.507 e. The maximum Gasteiger partial charge on any atom is 0.295 e. The molecule has 1 amide bonds. The molecular formula is C28H27N3O6. The quantitative estimate of drug-likeness (QED) is 0.152. The summed E-state index contributed by atoms with van der Waals surface area (Å²) in [4.78, 5) is 42.8. The van der Waals surface area contributed by atoms with E-state index in [4.69, 9.17) is 4.74 Å². The van der Waals surface area contributed by atoms with Crippen LogP contribution in [0.4, 0.5) is 5.69 Å². The summed E-state index contributed by atoms with van der Waals surface area (Å²) in [5, 5.41) is 22.8. The molecule has 1 atom stereocenters. The van der Waals surface area contributed by atoms with Crippen LogP contribution in [0.3, 0.4) is 0 Å². The average Bonchev–Trinajstić information content (AvgIpc) is 3.12. The number of non-ortho nitro benzene ring substituents is 1. The summed E-state index contributed by atoms with van der Waals surface area (Å²) in [6, 6.07) is 13.3. The zero-order valence-corrected chi connectivity index (χ0v) is 20.7. The number of nitro benzene ring substituents is 1. The van der Waals surface area contributed by atoms with Gasteiger partial charge in [-0.05, 0) is 53.8 Å². The second-order valence-electron chi connectivity index (χ2n) is 9.32. The van der Waals surface area contributed by atoms with E-state index < -0.39 is 22.7 Å². The van der Waals surface area contributed by atoms with Crippen molar-refractivity contribution in [2.75, 3.05) is 6.61 Å². The van der Waals surface area contributed by atoms with Gasteiger partial charge in [0.2, 0.25) is 0 Å². The van der Waals surface area contributed by atoms with Crippen molar-refractivity contribution in [1.82, 2.24) is 9.88 Å². The lowest BCUT2D eigenvalue weighted by Crippen LogP contribution is -2.29. The zero-order valence-electron chi connectivity index (χ0n) is 20.7. The lowest BCUT2D eigenvalue weighted by Gasteiger charge is -2.25. The lowest BCUT2D eigenvalue weighted by atomic mass is 9.93. The number of hydrogen-bond acceptors (Lipinski definition) is 7. The largest absolute Gasteiger partial charge is 0.507 e. The molecule has 37 heavy (non-hydrogen) atoms. The van der Waals surface area contributed by atoms with Crippen molar-refractivity contribution in [3.63, 3.8) is 0 Å². The van der Waals surface area contributed by atoms with E-state index >= 15 is 0 Å². The number of carbonyl (C=O) groups excluding carboxylic acids is 2. The molecule has 3 aromatic rings. The Hall–Kier alpha value is -4.53. The molecule has 1 saturated heterocycles. The molecule has 190 valence electrons. The lowest BCUT2D eigenvalue weighted by molar-refractivity contribution is -0.384. The summed E-state index contributed by atoms with van der Waals surface area (Å²) in [5.41, 5.74) is 1.71. The van der Waals surface area contributed by atoms with Crippen molar-refractivity contribution in [2.45, 2.75) is 33.4 Å². The highest BCUT2D eigenvalue weighted by Crippen LogP contribution is 2.41. The Labute approximate surface area is 214 Å². The maximum absolute atomic E-state index is 13.3. The predicted molar refractivity (Wildman–Crippen MR) is 137 cm³/mol. The van der Waals surface area contributed by atoms with Crippen LogP contribution >= 0.6 is 0 Å². The number of amides is 1. The van der Waals surface area contributed by atoms with E-state index in [1.807, 2.05) is 13.8 Å². The van der Waals surface area contributed by atoms with Gasteiger partial charge >= 0.3 is 0 Å². The molecule has 2 heterocycles. The Bertz CT molecular complexity index is 1380. The summed E-state index contributed by atoms with van der Waals surface area (Å²) in [7, 11) is 0. The number of aromatic nitrogens is 1. The minimum absolute atomic E-state index is 0.0313.